The van der Waals surface area contributed by atoms with Crippen LogP contribution in [0.2, 0.25) is 0 Å². The summed E-state index contributed by atoms with van der Waals surface area (Å²) in [5.74, 6) is -0.925. The van der Waals surface area contributed by atoms with Gasteiger partial charge in [-0.1, -0.05) is 30.3 Å². The zero-order valence-electron chi connectivity index (χ0n) is 15.5. The van der Waals surface area contributed by atoms with E-state index in [4.69, 9.17) is 5.11 Å². The zero-order chi connectivity index (χ0) is 19.8. The van der Waals surface area contributed by atoms with Gasteiger partial charge in [0.1, 0.15) is 0 Å². The van der Waals surface area contributed by atoms with Crippen LogP contribution in [0.4, 0.5) is 10.5 Å². The van der Waals surface area contributed by atoms with Gasteiger partial charge in [0.15, 0.2) is 5.78 Å². The van der Waals surface area contributed by atoms with Crippen molar-refractivity contribution in [1.29, 1.82) is 0 Å². The molecule has 2 aromatic carbocycles. The van der Waals surface area contributed by atoms with Gasteiger partial charge in [0.2, 0.25) is 0 Å². The topological polar surface area (TPSA) is 95.5 Å². The van der Waals surface area contributed by atoms with Gasteiger partial charge in [-0.2, -0.15) is 0 Å². The quantitative estimate of drug-likeness (QED) is 0.618. The zero-order valence-corrected chi connectivity index (χ0v) is 15.5. The third-order valence-corrected chi connectivity index (χ3v) is 4.23. The summed E-state index contributed by atoms with van der Waals surface area (Å²) in [5.41, 5.74) is 3.00. The first-order valence-corrected chi connectivity index (χ1v) is 8.80. The second kappa shape index (κ2) is 9.52. The molecule has 0 saturated heterocycles. The van der Waals surface area contributed by atoms with E-state index < -0.39 is 12.0 Å². The van der Waals surface area contributed by atoms with E-state index in [1.165, 1.54) is 6.92 Å². The van der Waals surface area contributed by atoms with Crippen LogP contribution in [-0.2, 0) is 11.2 Å². The van der Waals surface area contributed by atoms with Gasteiger partial charge in [-0.25, -0.2) is 4.79 Å². The molecule has 0 aliphatic heterocycles. The molecule has 142 valence electrons. The Hall–Kier alpha value is -3.15. The predicted molar refractivity (Wildman–Crippen MR) is 104 cm³/mol. The summed E-state index contributed by atoms with van der Waals surface area (Å²) in [7, 11) is 0. The van der Waals surface area contributed by atoms with Gasteiger partial charge in [-0.15, -0.1) is 0 Å². The van der Waals surface area contributed by atoms with Gasteiger partial charge >= 0.3 is 12.0 Å². The molecular weight excluding hydrogens is 344 g/mol. The highest BCUT2D eigenvalue weighted by molar-refractivity contribution is 5.97. The van der Waals surface area contributed by atoms with Crippen LogP contribution in [0.3, 0.4) is 0 Å². The maximum absolute atomic E-state index is 12.4. The summed E-state index contributed by atoms with van der Waals surface area (Å²) in [6.07, 6.45) is 0.855. The molecule has 1 unspecified atom stereocenters. The Labute approximate surface area is 158 Å². The van der Waals surface area contributed by atoms with Crippen LogP contribution in [0, 0.1) is 6.92 Å². The maximum Gasteiger partial charge on any atom is 0.319 e. The molecule has 0 aromatic heterocycles. The minimum atomic E-state index is -0.897. The van der Waals surface area contributed by atoms with E-state index >= 15 is 0 Å². The summed E-state index contributed by atoms with van der Waals surface area (Å²) in [4.78, 5) is 34.8. The summed E-state index contributed by atoms with van der Waals surface area (Å²) < 4.78 is 0. The molecule has 0 aliphatic rings. The number of carboxylic acid groups (broad SMARTS) is 1. The highest BCUT2D eigenvalue weighted by Gasteiger charge is 2.15. The van der Waals surface area contributed by atoms with Gasteiger partial charge in [0.25, 0.3) is 0 Å². The molecule has 6 nitrogen and oxygen atoms in total. The number of Topliss-reactive ketones (excluding diaryl/α,β-unsaturated/α-hetero) is 1. The number of carbonyl (C=O) groups is 3. The van der Waals surface area contributed by atoms with Gasteiger partial charge in [-0.05, 0) is 56.0 Å². The lowest BCUT2D eigenvalue weighted by Gasteiger charge is -2.19. The number of aryl methyl sites for hydroxylation is 1. The Morgan fingerprint density at radius 2 is 1.78 bits per heavy atom. The lowest BCUT2D eigenvalue weighted by molar-refractivity contribution is -0.137. The molecule has 3 N–H and O–H groups in total. The minimum Gasteiger partial charge on any atom is -0.481 e. The van der Waals surface area contributed by atoms with Crippen molar-refractivity contribution in [2.24, 2.45) is 0 Å². The lowest BCUT2D eigenvalue weighted by Crippen LogP contribution is -2.39. The van der Waals surface area contributed by atoms with Crippen LogP contribution in [0.5, 0.6) is 0 Å². The third kappa shape index (κ3) is 6.58. The van der Waals surface area contributed by atoms with Gasteiger partial charge in [0.05, 0.1) is 0 Å². The Balaban J connectivity index is 2.02. The lowest BCUT2D eigenvalue weighted by atomic mass is 10.0. The number of ketones is 1. The number of carbonyl (C=O) groups excluding carboxylic acids is 2. The van der Waals surface area contributed by atoms with Crippen LogP contribution in [-0.4, -0.2) is 28.9 Å². The van der Waals surface area contributed by atoms with Crippen molar-refractivity contribution in [2.45, 2.75) is 39.2 Å². The highest BCUT2D eigenvalue weighted by atomic mass is 16.4. The van der Waals surface area contributed by atoms with Crippen molar-refractivity contribution in [1.82, 2.24) is 5.32 Å². The van der Waals surface area contributed by atoms with E-state index in [-0.39, 0.29) is 18.2 Å². The molecule has 2 amide bonds. The molecular formula is C21H24N2O4. The minimum absolute atomic E-state index is 0.0236. The molecule has 0 aliphatic carbocycles. The van der Waals surface area contributed by atoms with Crippen LogP contribution < -0.4 is 10.6 Å². The van der Waals surface area contributed by atoms with E-state index in [9.17, 15) is 14.4 Å². The van der Waals surface area contributed by atoms with E-state index in [0.29, 0.717) is 24.1 Å². The predicted octanol–water partition coefficient (Wildman–Crippen LogP) is 3.80. The number of anilines is 1. The molecule has 0 fully saturated rings. The molecule has 0 radical (unpaired) electrons. The van der Waals surface area contributed by atoms with E-state index in [1.807, 2.05) is 37.3 Å². The molecule has 2 aromatic rings. The van der Waals surface area contributed by atoms with E-state index in [1.54, 1.807) is 18.2 Å². The molecule has 0 bridgehead atoms. The van der Waals surface area contributed by atoms with Crippen LogP contribution in [0.15, 0.2) is 48.5 Å². The Morgan fingerprint density at radius 3 is 2.37 bits per heavy atom. The average Bonchev–Trinajstić information content (AvgIpc) is 2.60. The number of benzene rings is 2. The third-order valence-electron chi connectivity index (χ3n) is 4.23. The fourth-order valence-corrected chi connectivity index (χ4v) is 2.91. The Morgan fingerprint density at radius 1 is 1.07 bits per heavy atom. The molecule has 2 rings (SSSR count). The summed E-state index contributed by atoms with van der Waals surface area (Å²) in [6.45, 7) is 3.31. The molecule has 6 heteroatoms. The Bertz CT molecular complexity index is 818. The Kier molecular flexibility index (Phi) is 7.11. The first kappa shape index (κ1) is 20.2. The monoisotopic (exact) mass is 368 g/mol. The number of amides is 2. The van der Waals surface area contributed by atoms with E-state index in [2.05, 4.69) is 10.6 Å². The maximum atomic E-state index is 12.4. The normalized spacial score (nSPS) is 11.5. The van der Waals surface area contributed by atoms with Crippen LogP contribution >= 0.6 is 0 Å². The van der Waals surface area contributed by atoms with Crippen molar-refractivity contribution < 1.29 is 19.5 Å². The molecule has 0 spiro atoms. The van der Waals surface area contributed by atoms with Crippen molar-refractivity contribution in [2.75, 3.05) is 5.32 Å². The second-order valence-corrected chi connectivity index (χ2v) is 6.50. The fourth-order valence-electron chi connectivity index (χ4n) is 2.91. The molecule has 0 saturated carbocycles. The van der Waals surface area contributed by atoms with Crippen LogP contribution in [0.1, 0.15) is 41.3 Å². The molecule has 27 heavy (non-hydrogen) atoms. The average molecular weight is 368 g/mol. The van der Waals surface area contributed by atoms with Crippen molar-refractivity contribution >= 4 is 23.5 Å². The highest BCUT2D eigenvalue weighted by Crippen LogP contribution is 2.16. The van der Waals surface area contributed by atoms with Gasteiger partial charge in [0, 0.05) is 23.7 Å². The standard InChI is InChI=1S/C21H24N2O4/c1-14-12-17(8-10-19(14)15(2)24)22-21(27)23-18(9-11-20(25)26)13-16-6-4-3-5-7-16/h3-8,10,12,18H,9,11,13H2,1-2H3,(H,25,26)(H2,22,23,27). The fraction of sp³-hybridized carbons (Fsp3) is 0.286. The number of nitrogens with one attached hydrogen (secondary N) is 2. The van der Waals surface area contributed by atoms with Crippen LogP contribution in [0.25, 0.3) is 0 Å². The summed E-state index contributed by atoms with van der Waals surface area (Å²) in [5, 5.41) is 14.5. The largest absolute Gasteiger partial charge is 0.481 e. The second-order valence-electron chi connectivity index (χ2n) is 6.50. The van der Waals surface area contributed by atoms with Crippen molar-refractivity contribution in [3.63, 3.8) is 0 Å². The summed E-state index contributed by atoms with van der Waals surface area (Å²) in [6, 6.07) is 14.0. The number of carboxylic acids is 1. The number of hydrogen-bond donors (Lipinski definition) is 3. The molecule has 0 heterocycles. The first-order valence-electron chi connectivity index (χ1n) is 8.80. The smallest absolute Gasteiger partial charge is 0.319 e. The number of hydrogen-bond acceptors (Lipinski definition) is 3. The first-order chi connectivity index (χ1) is 12.8. The SMILES string of the molecule is CC(=O)c1ccc(NC(=O)NC(CCC(=O)O)Cc2ccccc2)cc1C. The summed E-state index contributed by atoms with van der Waals surface area (Å²) >= 11 is 0. The van der Waals surface area contributed by atoms with Crippen molar-refractivity contribution in [3.05, 3.63) is 65.2 Å². The van der Waals surface area contributed by atoms with Gasteiger partial charge in [-0.3, -0.25) is 9.59 Å². The number of rotatable bonds is 8. The number of urea groups is 1. The number of aliphatic carboxylic acids is 1. The van der Waals surface area contributed by atoms with Gasteiger partial charge < -0.3 is 15.7 Å². The van der Waals surface area contributed by atoms with E-state index in [0.717, 1.165) is 11.1 Å². The molecule has 1 atom stereocenters. The van der Waals surface area contributed by atoms with Crippen molar-refractivity contribution in [3.8, 4) is 0 Å².